The Morgan fingerprint density at radius 1 is 1.48 bits per heavy atom. The molecule has 1 heterocycles. The van der Waals surface area contributed by atoms with Crippen molar-refractivity contribution in [3.8, 4) is 0 Å². The highest BCUT2D eigenvalue weighted by molar-refractivity contribution is 5.73. The summed E-state index contributed by atoms with van der Waals surface area (Å²) in [6.07, 6.45) is 1.40. The number of carboxylic acids is 1. The predicted octanol–water partition coefficient (Wildman–Crippen LogP) is 2.24. The Kier molecular flexibility index (Phi) is 5.12. The average molecular weight is 298 g/mol. The van der Waals surface area contributed by atoms with Crippen LogP contribution in [0.3, 0.4) is 0 Å². The first-order chi connectivity index (χ1) is 10.0. The maximum Gasteiger partial charge on any atom is 0.320 e. The molecule has 0 aliphatic carbocycles. The number of anilines is 1. The van der Waals surface area contributed by atoms with Gasteiger partial charge in [0.15, 0.2) is 11.6 Å². The molecule has 1 aromatic rings. The lowest BCUT2D eigenvalue weighted by Gasteiger charge is -2.20. The number of likely N-dealkylation sites (N-methyl/N-ethyl adjacent to an activating group) is 1. The van der Waals surface area contributed by atoms with Gasteiger partial charge < -0.3 is 15.3 Å². The number of carbonyl (C=O) groups is 1. The second-order valence-corrected chi connectivity index (χ2v) is 5.38. The fourth-order valence-corrected chi connectivity index (χ4v) is 2.79. The van der Waals surface area contributed by atoms with Crippen LogP contribution in [0.1, 0.15) is 19.8 Å². The summed E-state index contributed by atoms with van der Waals surface area (Å²) in [5.74, 6) is -2.32. The molecule has 1 aliphatic heterocycles. The smallest absolute Gasteiger partial charge is 0.320 e. The van der Waals surface area contributed by atoms with Gasteiger partial charge in [-0.2, -0.15) is 0 Å². The van der Waals surface area contributed by atoms with E-state index in [0.29, 0.717) is 25.2 Å². The fourth-order valence-electron chi connectivity index (χ4n) is 2.79. The van der Waals surface area contributed by atoms with Crippen LogP contribution in [0.15, 0.2) is 18.2 Å². The molecule has 6 heteroatoms. The number of benzene rings is 1. The second-order valence-electron chi connectivity index (χ2n) is 5.38. The van der Waals surface area contributed by atoms with Crippen molar-refractivity contribution in [1.29, 1.82) is 0 Å². The number of carboxylic acid groups (broad SMARTS) is 1. The molecule has 1 aromatic carbocycles. The number of hydrogen-bond acceptors (Lipinski definition) is 3. The van der Waals surface area contributed by atoms with Gasteiger partial charge in [-0.1, -0.05) is 6.92 Å². The lowest BCUT2D eigenvalue weighted by atomic mass is 9.99. The van der Waals surface area contributed by atoms with E-state index in [4.69, 9.17) is 5.11 Å². The molecule has 0 radical (unpaired) electrons. The van der Waals surface area contributed by atoms with E-state index in [2.05, 4.69) is 5.32 Å². The fraction of sp³-hybridized carbons (Fsp3) is 0.533. The van der Waals surface area contributed by atoms with Crippen molar-refractivity contribution in [2.75, 3.05) is 24.5 Å². The Balaban J connectivity index is 1.96. The topological polar surface area (TPSA) is 52.6 Å². The average Bonchev–Trinajstić information content (AvgIpc) is 2.90. The van der Waals surface area contributed by atoms with Crippen molar-refractivity contribution in [2.24, 2.45) is 5.92 Å². The van der Waals surface area contributed by atoms with E-state index in [1.54, 1.807) is 6.07 Å². The molecule has 116 valence electrons. The molecule has 2 rings (SSSR count). The minimum absolute atomic E-state index is 0.235. The minimum Gasteiger partial charge on any atom is -0.480 e. The molecular weight excluding hydrogens is 278 g/mol. The second kappa shape index (κ2) is 6.85. The van der Waals surface area contributed by atoms with E-state index < -0.39 is 23.6 Å². The van der Waals surface area contributed by atoms with Crippen molar-refractivity contribution in [3.05, 3.63) is 29.8 Å². The highest BCUT2D eigenvalue weighted by Crippen LogP contribution is 2.27. The van der Waals surface area contributed by atoms with Crippen molar-refractivity contribution < 1.29 is 18.7 Å². The van der Waals surface area contributed by atoms with Crippen molar-refractivity contribution in [3.63, 3.8) is 0 Å². The zero-order valence-corrected chi connectivity index (χ0v) is 12.0. The molecule has 2 N–H and O–H groups in total. The lowest BCUT2D eigenvalue weighted by molar-refractivity contribution is -0.139. The molecular formula is C15H20F2N2O2. The van der Waals surface area contributed by atoms with Gasteiger partial charge in [-0.3, -0.25) is 4.79 Å². The first kappa shape index (κ1) is 15.7. The Hall–Kier alpha value is -1.69. The van der Waals surface area contributed by atoms with E-state index in [1.807, 2.05) is 11.8 Å². The van der Waals surface area contributed by atoms with Crippen LogP contribution in [0.25, 0.3) is 0 Å². The summed E-state index contributed by atoms with van der Waals surface area (Å²) in [6, 6.07) is 3.32. The number of rotatable bonds is 6. The minimum atomic E-state index is -0.855. The SMILES string of the molecule is CCNC(CC1CCN(c2ccc(F)c(F)c2)C1)C(=O)O. The van der Waals surface area contributed by atoms with Gasteiger partial charge in [0.25, 0.3) is 0 Å². The number of hydrogen-bond donors (Lipinski definition) is 2. The van der Waals surface area contributed by atoms with Gasteiger partial charge in [0.05, 0.1) is 0 Å². The molecule has 0 spiro atoms. The quantitative estimate of drug-likeness (QED) is 0.846. The summed E-state index contributed by atoms with van der Waals surface area (Å²) >= 11 is 0. The number of nitrogens with zero attached hydrogens (tertiary/aromatic N) is 1. The molecule has 2 unspecified atom stereocenters. The van der Waals surface area contributed by atoms with Gasteiger partial charge in [0.1, 0.15) is 6.04 Å². The normalized spacial score (nSPS) is 19.8. The monoisotopic (exact) mass is 298 g/mol. The molecule has 4 nitrogen and oxygen atoms in total. The van der Waals surface area contributed by atoms with Crippen molar-refractivity contribution >= 4 is 11.7 Å². The largest absolute Gasteiger partial charge is 0.480 e. The third kappa shape index (κ3) is 3.91. The molecule has 0 amide bonds. The van der Waals surface area contributed by atoms with Gasteiger partial charge in [0.2, 0.25) is 0 Å². The maximum atomic E-state index is 13.3. The summed E-state index contributed by atoms with van der Waals surface area (Å²) in [6.45, 7) is 3.88. The van der Waals surface area contributed by atoms with Gasteiger partial charge in [-0.15, -0.1) is 0 Å². The Bertz CT molecular complexity index is 510. The van der Waals surface area contributed by atoms with E-state index in [0.717, 1.165) is 19.0 Å². The highest BCUT2D eigenvalue weighted by Gasteiger charge is 2.28. The highest BCUT2D eigenvalue weighted by atomic mass is 19.2. The van der Waals surface area contributed by atoms with Crippen LogP contribution >= 0.6 is 0 Å². The molecule has 1 fully saturated rings. The zero-order chi connectivity index (χ0) is 15.4. The molecule has 2 atom stereocenters. The molecule has 0 aromatic heterocycles. The summed E-state index contributed by atoms with van der Waals surface area (Å²) in [4.78, 5) is 13.1. The zero-order valence-electron chi connectivity index (χ0n) is 12.0. The van der Waals surface area contributed by atoms with Crippen molar-refractivity contribution in [1.82, 2.24) is 5.32 Å². The van der Waals surface area contributed by atoms with Crippen LogP contribution in [0.5, 0.6) is 0 Å². The van der Waals surface area contributed by atoms with Crippen LogP contribution < -0.4 is 10.2 Å². The van der Waals surface area contributed by atoms with E-state index in [9.17, 15) is 13.6 Å². The van der Waals surface area contributed by atoms with Crippen LogP contribution in [0.4, 0.5) is 14.5 Å². The third-order valence-corrected chi connectivity index (χ3v) is 3.87. The van der Waals surface area contributed by atoms with Crippen molar-refractivity contribution in [2.45, 2.75) is 25.8 Å². The van der Waals surface area contributed by atoms with Gasteiger partial charge in [-0.05, 0) is 37.4 Å². The lowest BCUT2D eigenvalue weighted by Crippen LogP contribution is -2.38. The third-order valence-electron chi connectivity index (χ3n) is 3.87. The Morgan fingerprint density at radius 2 is 2.24 bits per heavy atom. The summed E-state index contributed by atoms with van der Waals surface area (Å²) in [5.41, 5.74) is 0.645. The summed E-state index contributed by atoms with van der Waals surface area (Å²) in [7, 11) is 0. The van der Waals surface area contributed by atoms with Crippen LogP contribution in [-0.2, 0) is 4.79 Å². The molecule has 1 aliphatic rings. The van der Waals surface area contributed by atoms with Gasteiger partial charge >= 0.3 is 5.97 Å². The Labute approximate surface area is 122 Å². The van der Waals surface area contributed by atoms with E-state index in [-0.39, 0.29) is 5.92 Å². The van der Waals surface area contributed by atoms with Crippen LogP contribution in [0, 0.1) is 17.6 Å². The summed E-state index contributed by atoms with van der Waals surface area (Å²) < 4.78 is 26.2. The van der Waals surface area contributed by atoms with E-state index >= 15 is 0 Å². The molecule has 1 saturated heterocycles. The number of aliphatic carboxylic acids is 1. The van der Waals surface area contributed by atoms with Gasteiger partial charge in [-0.25, -0.2) is 8.78 Å². The predicted molar refractivity (Wildman–Crippen MR) is 76.4 cm³/mol. The molecule has 0 bridgehead atoms. The van der Waals surface area contributed by atoms with Crippen LogP contribution in [-0.4, -0.2) is 36.8 Å². The van der Waals surface area contributed by atoms with Gasteiger partial charge in [0, 0.05) is 24.8 Å². The van der Waals surface area contributed by atoms with Crippen LogP contribution in [0.2, 0.25) is 0 Å². The molecule has 0 saturated carbocycles. The number of halogens is 2. The first-order valence-electron chi connectivity index (χ1n) is 7.17. The first-order valence-corrected chi connectivity index (χ1v) is 7.17. The standard InChI is InChI=1S/C15H20F2N2O2/c1-2-18-14(15(20)21)7-10-5-6-19(9-10)11-3-4-12(16)13(17)8-11/h3-4,8,10,14,18H,2,5-7,9H2,1H3,(H,20,21). The maximum absolute atomic E-state index is 13.3. The summed E-state index contributed by atoms with van der Waals surface area (Å²) in [5, 5.41) is 12.1. The molecule has 21 heavy (non-hydrogen) atoms. The Morgan fingerprint density at radius 3 is 2.86 bits per heavy atom. The number of nitrogens with one attached hydrogen (secondary N) is 1. The van der Waals surface area contributed by atoms with E-state index in [1.165, 1.54) is 6.07 Å².